The molecule has 1 heteroatoms. The zero-order valence-corrected chi connectivity index (χ0v) is 12.3. The van der Waals surface area contributed by atoms with Crippen LogP contribution in [-0.4, -0.2) is 6.04 Å². The van der Waals surface area contributed by atoms with Crippen LogP contribution in [0.2, 0.25) is 0 Å². The fourth-order valence-corrected chi connectivity index (χ4v) is 3.15. The molecule has 0 amide bonds. The van der Waals surface area contributed by atoms with Crippen molar-refractivity contribution in [3.05, 3.63) is 35.4 Å². The van der Waals surface area contributed by atoms with Crippen LogP contribution in [0.15, 0.2) is 24.3 Å². The number of rotatable bonds is 3. The topological polar surface area (TPSA) is 12.0 Å². The van der Waals surface area contributed by atoms with Gasteiger partial charge in [0.1, 0.15) is 0 Å². The molecule has 0 saturated heterocycles. The summed E-state index contributed by atoms with van der Waals surface area (Å²) in [6, 6.07) is 10.1. The van der Waals surface area contributed by atoms with Gasteiger partial charge in [0.25, 0.3) is 0 Å². The number of nitrogens with one attached hydrogen (secondary N) is 1. The van der Waals surface area contributed by atoms with Gasteiger partial charge in [0, 0.05) is 12.1 Å². The fraction of sp³-hybridized carbons (Fsp3) is 0.647. The number of benzene rings is 1. The van der Waals surface area contributed by atoms with E-state index in [1.54, 1.807) is 0 Å². The predicted octanol–water partition coefficient (Wildman–Crippen LogP) is 4.61. The highest BCUT2D eigenvalue weighted by Crippen LogP contribution is 2.35. The molecule has 1 N–H and O–H groups in total. The number of hydrogen-bond donors (Lipinski definition) is 1. The average Bonchev–Trinajstić information content (AvgIpc) is 2.28. The summed E-state index contributed by atoms with van der Waals surface area (Å²) < 4.78 is 0. The van der Waals surface area contributed by atoms with Crippen LogP contribution in [0.5, 0.6) is 0 Å². The lowest BCUT2D eigenvalue weighted by Gasteiger charge is -2.37. The molecule has 18 heavy (non-hydrogen) atoms. The Bertz CT molecular complexity index is 377. The minimum absolute atomic E-state index is 0.462. The second-order valence-electron chi connectivity index (χ2n) is 6.76. The van der Waals surface area contributed by atoms with E-state index in [4.69, 9.17) is 0 Å². The Balaban J connectivity index is 1.94. The van der Waals surface area contributed by atoms with Crippen molar-refractivity contribution in [2.75, 3.05) is 0 Å². The fourth-order valence-electron chi connectivity index (χ4n) is 3.15. The van der Waals surface area contributed by atoms with Crippen LogP contribution in [0.1, 0.15) is 63.6 Å². The van der Waals surface area contributed by atoms with E-state index < -0.39 is 0 Å². The summed E-state index contributed by atoms with van der Waals surface area (Å²) in [5, 5.41) is 3.81. The third-order valence-electron chi connectivity index (χ3n) is 4.27. The predicted molar refractivity (Wildman–Crippen MR) is 78.8 cm³/mol. The lowest BCUT2D eigenvalue weighted by atomic mass is 9.75. The van der Waals surface area contributed by atoms with Gasteiger partial charge >= 0.3 is 0 Å². The van der Waals surface area contributed by atoms with Gasteiger partial charge in [-0.2, -0.15) is 0 Å². The van der Waals surface area contributed by atoms with Gasteiger partial charge in [0.05, 0.1) is 0 Å². The molecule has 0 bridgehead atoms. The molecule has 1 fully saturated rings. The molecular formula is C17H27N. The maximum Gasteiger partial charge on any atom is 0.0294 e. The molecule has 0 aromatic heterocycles. The highest BCUT2D eigenvalue weighted by molar-refractivity contribution is 5.23. The maximum atomic E-state index is 3.81. The molecule has 2 atom stereocenters. The third kappa shape index (κ3) is 3.58. The normalized spacial score (nSPS) is 24.8. The van der Waals surface area contributed by atoms with Crippen LogP contribution >= 0.6 is 0 Å². The molecule has 2 unspecified atom stereocenters. The molecule has 1 aromatic rings. The van der Waals surface area contributed by atoms with Crippen LogP contribution < -0.4 is 5.32 Å². The first-order chi connectivity index (χ1) is 8.46. The first-order valence-corrected chi connectivity index (χ1v) is 7.29. The molecule has 0 radical (unpaired) electrons. The number of aryl methyl sites for hydroxylation is 1. The van der Waals surface area contributed by atoms with Crippen LogP contribution in [0.25, 0.3) is 0 Å². The minimum atomic E-state index is 0.462. The monoisotopic (exact) mass is 245 g/mol. The zero-order chi connectivity index (χ0) is 13.2. The Hall–Kier alpha value is -0.820. The minimum Gasteiger partial charge on any atom is -0.307 e. The first-order valence-electron chi connectivity index (χ1n) is 7.29. The molecule has 0 heterocycles. The molecule has 0 aliphatic heterocycles. The molecule has 1 aliphatic rings. The molecule has 0 spiro atoms. The summed E-state index contributed by atoms with van der Waals surface area (Å²) in [7, 11) is 0. The van der Waals surface area contributed by atoms with E-state index in [2.05, 4.69) is 57.3 Å². The Morgan fingerprint density at radius 3 is 2.50 bits per heavy atom. The summed E-state index contributed by atoms with van der Waals surface area (Å²) >= 11 is 0. The van der Waals surface area contributed by atoms with Crippen LogP contribution in [-0.2, 0) is 0 Å². The highest BCUT2D eigenvalue weighted by atomic mass is 14.9. The smallest absolute Gasteiger partial charge is 0.0294 e. The summed E-state index contributed by atoms with van der Waals surface area (Å²) in [5.41, 5.74) is 3.26. The van der Waals surface area contributed by atoms with E-state index in [1.807, 2.05) is 0 Å². The first kappa shape index (κ1) is 13.6. The van der Waals surface area contributed by atoms with E-state index in [0.29, 0.717) is 17.5 Å². The summed E-state index contributed by atoms with van der Waals surface area (Å²) in [6.45, 7) is 9.23. The van der Waals surface area contributed by atoms with Gasteiger partial charge in [0.15, 0.2) is 0 Å². The van der Waals surface area contributed by atoms with Crippen LogP contribution in [0, 0.1) is 12.3 Å². The van der Waals surface area contributed by atoms with Crippen molar-refractivity contribution in [2.45, 2.75) is 65.5 Å². The van der Waals surface area contributed by atoms with E-state index in [9.17, 15) is 0 Å². The third-order valence-corrected chi connectivity index (χ3v) is 4.27. The Morgan fingerprint density at radius 2 is 1.89 bits per heavy atom. The molecule has 100 valence electrons. The Labute approximate surface area is 112 Å². The van der Waals surface area contributed by atoms with Gasteiger partial charge in [0.2, 0.25) is 0 Å². The largest absolute Gasteiger partial charge is 0.307 e. The molecule has 1 saturated carbocycles. The van der Waals surface area contributed by atoms with Crippen molar-refractivity contribution in [3.8, 4) is 0 Å². The van der Waals surface area contributed by atoms with Crippen molar-refractivity contribution in [1.82, 2.24) is 5.32 Å². The van der Waals surface area contributed by atoms with Gasteiger partial charge in [-0.15, -0.1) is 0 Å². The molecule has 1 aromatic carbocycles. The quantitative estimate of drug-likeness (QED) is 0.819. The second-order valence-corrected chi connectivity index (χ2v) is 6.76. The SMILES string of the molecule is Cc1ccc(C(C)NC2CCCC(C)(C)C2)cc1. The zero-order valence-electron chi connectivity index (χ0n) is 12.3. The summed E-state index contributed by atoms with van der Waals surface area (Å²) in [4.78, 5) is 0. The van der Waals surface area contributed by atoms with Crippen LogP contribution in [0.4, 0.5) is 0 Å². The van der Waals surface area contributed by atoms with Gasteiger partial charge in [-0.05, 0) is 44.1 Å². The van der Waals surface area contributed by atoms with Crippen molar-refractivity contribution in [2.24, 2.45) is 5.41 Å². The van der Waals surface area contributed by atoms with Gasteiger partial charge in [-0.25, -0.2) is 0 Å². The maximum absolute atomic E-state index is 3.81. The summed E-state index contributed by atoms with van der Waals surface area (Å²) in [5.74, 6) is 0. The molecule has 1 nitrogen and oxygen atoms in total. The van der Waals surface area contributed by atoms with Crippen molar-refractivity contribution >= 4 is 0 Å². The second kappa shape index (κ2) is 5.44. The van der Waals surface area contributed by atoms with E-state index >= 15 is 0 Å². The highest BCUT2D eigenvalue weighted by Gasteiger charge is 2.28. The lowest BCUT2D eigenvalue weighted by Crippen LogP contribution is -2.38. The van der Waals surface area contributed by atoms with Crippen molar-refractivity contribution in [1.29, 1.82) is 0 Å². The number of hydrogen-bond acceptors (Lipinski definition) is 1. The van der Waals surface area contributed by atoms with Gasteiger partial charge in [-0.1, -0.05) is 50.1 Å². The standard InChI is InChI=1S/C17H27N/c1-13-7-9-15(10-8-13)14(2)18-16-6-5-11-17(3,4)12-16/h7-10,14,16,18H,5-6,11-12H2,1-4H3. The Morgan fingerprint density at radius 1 is 1.22 bits per heavy atom. The molecular weight excluding hydrogens is 218 g/mol. The van der Waals surface area contributed by atoms with Crippen LogP contribution in [0.3, 0.4) is 0 Å². The van der Waals surface area contributed by atoms with Gasteiger partial charge < -0.3 is 5.32 Å². The van der Waals surface area contributed by atoms with E-state index in [0.717, 1.165) is 0 Å². The summed E-state index contributed by atoms with van der Waals surface area (Å²) in [6.07, 6.45) is 5.39. The Kier molecular flexibility index (Phi) is 4.11. The van der Waals surface area contributed by atoms with Gasteiger partial charge in [-0.3, -0.25) is 0 Å². The average molecular weight is 245 g/mol. The molecule has 2 rings (SSSR count). The van der Waals surface area contributed by atoms with E-state index in [1.165, 1.54) is 36.8 Å². The van der Waals surface area contributed by atoms with Crippen molar-refractivity contribution in [3.63, 3.8) is 0 Å². The van der Waals surface area contributed by atoms with E-state index in [-0.39, 0.29) is 0 Å². The van der Waals surface area contributed by atoms with Crippen molar-refractivity contribution < 1.29 is 0 Å². The lowest BCUT2D eigenvalue weighted by molar-refractivity contribution is 0.191. The molecule has 1 aliphatic carbocycles.